The van der Waals surface area contributed by atoms with Gasteiger partial charge in [0.15, 0.2) is 0 Å². The second kappa shape index (κ2) is 7.22. The van der Waals surface area contributed by atoms with Crippen molar-refractivity contribution in [2.24, 2.45) is 11.5 Å². The molecule has 2 amide bonds. The normalized spacial score (nSPS) is 13.4. The van der Waals surface area contributed by atoms with E-state index in [0.29, 0.717) is 0 Å². The number of aliphatic carboxylic acids is 2. The topological polar surface area (TPSA) is 173 Å². The van der Waals surface area contributed by atoms with Crippen LogP contribution in [0, 0.1) is 0 Å². The summed E-state index contributed by atoms with van der Waals surface area (Å²) in [7, 11) is 0. The number of carboxylic acid groups (broad SMARTS) is 2. The molecule has 2 unspecified atom stereocenters. The number of carbonyl (C=O) groups excluding carboxylic acids is 2. The Balaban J connectivity index is 4.36. The molecule has 0 aliphatic rings. The Labute approximate surface area is 102 Å². The van der Waals surface area contributed by atoms with Gasteiger partial charge < -0.3 is 27.0 Å². The predicted molar refractivity (Wildman–Crippen MR) is 58.2 cm³/mol. The maximum atomic E-state index is 11.4. The molecule has 0 aliphatic heterocycles. The minimum absolute atomic E-state index is 0.0411. The molecule has 0 heterocycles. The van der Waals surface area contributed by atoms with Gasteiger partial charge in [0.2, 0.25) is 11.8 Å². The van der Waals surface area contributed by atoms with Crippen molar-refractivity contribution >= 4 is 23.8 Å². The summed E-state index contributed by atoms with van der Waals surface area (Å²) in [5.41, 5.74) is 10.2. The Bertz CT molecular complexity index is 356. The van der Waals surface area contributed by atoms with Gasteiger partial charge in [0, 0.05) is 6.42 Å². The molecule has 9 heteroatoms. The Morgan fingerprint density at radius 3 is 2.11 bits per heavy atom. The van der Waals surface area contributed by atoms with Gasteiger partial charge in [-0.15, -0.1) is 0 Å². The van der Waals surface area contributed by atoms with E-state index in [9.17, 15) is 19.2 Å². The highest BCUT2D eigenvalue weighted by molar-refractivity contribution is 5.89. The minimum Gasteiger partial charge on any atom is -0.481 e. The van der Waals surface area contributed by atoms with Crippen LogP contribution in [-0.2, 0) is 19.2 Å². The fourth-order valence-electron chi connectivity index (χ4n) is 1.08. The molecule has 0 bridgehead atoms. The van der Waals surface area contributed by atoms with E-state index in [2.05, 4.69) is 0 Å². The number of carboxylic acids is 2. The lowest BCUT2D eigenvalue weighted by atomic mass is 10.1. The number of carbonyl (C=O) groups is 4. The summed E-state index contributed by atoms with van der Waals surface area (Å²) in [4.78, 5) is 42.9. The molecule has 2 atom stereocenters. The zero-order valence-electron chi connectivity index (χ0n) is 9.46. The fourth-order valence-corrected chi connectivity index (χ4v) is 1.08. The number of hydrogen-bond acceptors (Lipinski definition) is 5. The second-order valence-corrected chi connectivity index (χ2v) is 3.61. The van der Waals surface area contributed by atoms with Crippen molar-refractivity contribution in [3.63, 3.8) is 0 Å². The lowest BCUT2D eigenvalue weighted by Gasteiger charge is -2.16. The Morgan fingerprint density at radius 1 is 1.17 bits per heavy atom. The molecule has 0 rings (SSSR count). The van der Waals surface area contributed by atoms with Crippen molar-refractivity contribution < 1.29 is 29.4 Å². The van der Waals surface area contributed by atoms with Crippen LogP contribution < -0.4 is 16.8 Å². The zero-order chi connectivity index (χ0) is 14.3. The highest BCUT2D eigenvalue weighted by atomic mass is 16.4. The Hall–Kier alpha value is -2.16. The van der Waals surface area contributed by atoms with E-state index in [1.54, 1.807) is 0 Å². The van der Waals surface area contributed by atoms with E-state index >= 15 is 0 Å². The second-order valence-electron chi connectivity index (χ2n) is 3.61. The standard InChI is InChI=1S/C9H15N3O6/c10-4(1-2-6(11)13)8(16)12-5(9(17)18)3-7(14)15/h4-5H,1-3,10H2,(H2,11,13)(H,12,16)(H,14,15)(H,17,18). The maximum Gasteiger partial charge on any atom is 0.326 e. The Kier molecular flexibility index (Phi) is 6.35. The van der Waals surface area contributed by atoms with Gasteiger partial charge in [0.1, 0.15) is 6.04 Å². The average molecular weight is 261 g/mol. The predicted octanol–water partition coefficient (Wildman–Crippen LogP) is -2.38. The summed E-state index contributed by atoms with van der Waals surface area (Å²) >= 11 is 0. The van der Waals surface area contributed by atoms with Gasteiger partial charge in [-0.3, -0.25) is 14.4 Å². The van der Waals surface area contributed by atoms with Crippen LogP contribution in [-0.4, -0.2) is 46.0 Å². The van der Waals surface area contributed by atoms with E-state index < -0.39 is 42.3 Å². The molecule has 102 valence electrons. The molecule has 0 aliphatic carbocycles. The van der Waals surface area contributed by atoms with Crippen LogP contribution in [0.1, 0.15) is 19.3 Å². The molecule has 9 nitrogen and oxygen atoms in total. The monoisotopic (exact) mass is 261 g/mol. The highest BCUT2D eigenvalue weighted by Crippen LogP contribution is 1.98. The number of nitrogens with two attached hydrogens (primary N) is 2. The van der Waals surface area contributed by atoms with Crippen LogP contribution in [0.25, 0.3) is 0 Å². The summed E-state index contributed by atoms with van der Waals surface area (Å²) in [6, 6.07) is -2.68. The molecule has 0 aromatic heterocycles. The maximum absolute atomic E-state index is 11.4. The molecule has 0 spiro atoms. The van der Waals surface area contributed by atoms with Gasteiger partial charge in [0.25, 0.3) is 0 Å². The first-order valence-corrected chi connectivity index (χ1v) is 5.03. The third kappa shape index (κ3) is 6.43. The molecule has 0 fully saturated rings. The number of rotatable bonds is 8. The first-order chi connectivity index (χ1) is 8.23. The first-order valence-electron chi connectivity index (χ1n) is 5.03. The van der Waals surface area contributed by atoms with Gasteiger partial charge in [0.05, 0.1) is 12.5 Å². The van der Waals surface area contributed by atoms with Crippen molar-refractivity contribution in [1.82, 2.24) is 5.32 Å². The number of primary amides is 1. The minimum atomic E-state index is -1.56. The van der Waals surface area contributed by atoms with E-state index in [-0.39, 0.29) is 12.8 Å². The third-order valence-electron chi connectivity index (χ3n) is 2.03. The zero-order valence-corrected chi connectivity index (χ0v) is 9.46. The summed E-state index contributed by atoms with van der Waals surface area (Å²) in [6.45, 7) is 0. The van der Waals surface area contributed by atoms with Crippen molar-refractivity contribution in [2.45, 2.75) is 31.3 Å². The first kappa shape index (κ1) is 15.8. The largest absolute Gasteiger partial charge is 0.481 e. The summed E-state index contributed by atoms with van der Waals surface area (Å²) < 4.78 is 0. The van der Waals surface area contributed by atoms with Crippen LogP contribution in [0.15, 0.2) is 0 Å². The quantitative estimate of drug-likeness (QED) is 0.324. The van der Waals surface area contributed by atoms with E-state index in [4.69, 9.17) is 21.7 Å². The van der Waals surface area contributed by atoms with Crippen LogP contribution >= 0.6 is 0 Å². The molecule has 0 radical (unpaired) electrons. The fraction of sp³-hybridized carbons (Fsp3) is 0.556. The number of amides is 2. The van der Waals surface area contributed by atoms with Gasteiger partial charge in [-0.25, -0.2) is 4.79 Å². The molecule has 7 N–H and O–H groups in total. The molecule has 0 saturated heterocycles. The molecule has 0 aromatic rings. The van der Waals surface area contributed by atoms with E-state index in [1.165, 1.54) is 0 Å². The van der Waals surface area contributed by atoms with Crippen LogP contribution in [0.4, 0.5) is 0 Å². The lowest BCUT2D eigenvalue weighted by molar-refractivity contribution is -0.147. The Morgan fingerprint density at radius 2 is 1.72 bits per heavy atom. The summed E-state index contributed by atoms with van der Waals surface area (Å²) in [6.07, 6.45) is -0.921. The highest BCUT2D eigenvalue weighted by Gasteiger charge is 2.25. The molecule has 0 aromatic carbocycles. The smallest absolute Gasteiger partial charge is 0.326 e. The number of hydrogen-bond donors (Lipinski definition) is 5. The van der Waals surface area contributed by atoms with Crippen molar-refractivity contribution in [2.75, 3.05) is 0 Å². The summed E-state index contributed by atoms with van der Waals surface area (Å²) in [5.74, 6) is -4.33. The van der Waals surface area contributed by atoms with Crippen LogP contribution in [0.2, 0.25) is 0 Å². The van der Waals surface area contributed by atoms with Crippen LogP contribution in [0.3, 0.4) is 0 Å². The molecular weight excluding hydrogens is 246 g/mol. The summed E-state index contributed by atoms with van der Waals surface area (Å²) in [5, 5.41) is 19.1. The van der Waals surface area contributed by atoms with E-state index in [0.717, 1.165) is 0 Å². The van der Waals surface area contributed by atoms with Crippen LogP contribution in [0.5, 0.6) is 0 Å². The van der Waals surface area contributed by atoms with Gasteiger partial charge in [-0.1, -0.05) is 0 Å². The van der Waals surface area contributed by atoms with Crippen molar-refractivity contribution in [3.8, 4) is 0 Å². The number of nitrogens with one attached hydrogen (secondary N) is 1. The molecule has 18 heavy (non-hydrogen) atoms. The lowest BCUT2D eigenvalue weighted by Crippen LogP contribution is -2.49. The van der Waals surface area contributed by atoms with Gasteiger partial charge in [-0.2, -0.15) is 0 Å². The SMILES string of the molecule is NC(=O)CCC(N)C(=O)NC(CC(=O)O)C(=O)O. The van der Waals surface area contributed by atoms with Crippen molar-refractivity contribution in [1.29, 1.82) is 0 Å². The van der Waals surface area contributed by atoms with E-state index in [1.807, 2.05) is 5.32 Å². The molecular formula is C9H15N3O6. The molecule has 0 saturated carbocycles. The van der Waals surface area contributed by atoms with Crippen molar-refractivity contribution in [3.05, 3.63) is 0 Å². The third-order valence-corrected chi connectivity index (χ3v) is 2.03. The average Bonchev–Trinajstić information content (AvgIpc) is 2.23. The van der Waals surface area contributed by atoms with Gasteiger partial charge in [-0.05, 0) is 6.42 Å². The van der Waals surface area contributed by atoms with Gasteiger partial charge >= 0.3 is 11.9 Å².